The van der Waals surface area contributed by atoms with Crippen molar-refractivity contribution in [3.63, 3.8) is 0 Å². The molecule has 0 fully saturated rings. The lowest BCUT2D eigenvalue weighted by atomic mass is 10.0. The van der Waals surface area contributed by atoms with Gasteiger partial charge in [-0.2, -0.15) is 0 Å². The summed E-state index contributed by atoms with van der Waals surface area (Å²) in [5, 5.41) is 12.0. The predicted octanol–water partition coefficient (Wildman–Crippen LogP) is 1.95. The highest BCUT2D eigenvalue weighted by Gasteiger charge is 2.16. The zero-order valence-corrected chi connectivity index (χ0v) is 12.2. The van der Waals surface area contributed by atoms with Gasteiger partial charge in [0.25, 0.3) is 0 Å². The average Bonchev–Trinajstić information content (AvgIpc) is 2.39. The fourth-order valence-corrected chi connectivity index (χ4v) is 1.86. The van der Waals surface area contributed by atoms with Crippen molar-refractivity contribution in [2.75, 3.05) is 13.7 Å². The van der Waals surface area contributed by atoms with Crippen LogP contribution in [0.3, 0.4) is 0 Å². The van der Waals surface area contributed by atoms with E-state index in [9.17, 15) is 4.79 Å². The fourth-order valence-electron chi connectivity index (χ4n) is 1.86. The van der Waals surface area contributed by atoms with Crippen molar-refractivity contribution in [3.8, 4) is 0 Å². The van der Waals surface area contributed by atoms with Crippen LogP contribution < -0.4 is 5.32 Å². The minimum absolute atomic E-state index is 0.0317. The second kappa shape index (κ2) is 7.14. The molecular weight excluding hydrogens is 240 g/mol. The molecule has 0 spiro atoms. The molecule has 0 bridgehead atoms. The third-order valence-electron chi connectivity index (χ3n) is 3.40. The van der Waals surface area contributed by atoms with Gasteiger partial charge in [-0.05, 0) is 38.3 Å². The molecule has 4 heteroatoms. The summed E-state index contributed by atoms with van der Waals surface area (Å²) in [6.07, 6.45) is 0.805. The van der Waals surface area contributed by atoms with Gasteiger partial charge in [-0.1, -0.05) is 24.3 Å². The van der Waals surface area contributed by atoms with Crippen LogP contribution in [-0.4, -0.2) is 41.8 Å². The smallest absolute Gasteiger partial charge is 0.317 e. The molecule has 0 saturated carbocycles. The quantitative estimate of drug-likeness (QED) is 0.854. The largest absolute Gasteiger partial charge is 0.394 e. The van der Waals surface area contributed by atoms with E-state index in [2.05, 4.69) is 24.4 Å². The number of rotatable bonds is 5. The second-order valence-electron chi connectivity index (χ2n) is 5.12. The molecule has 0 aromatic heterocycles. The SMILES string of the molecule is Cc1ccccc1CC(C)NC(=O)N(C)C(C)CO. The molecule has 1 aromatic carbocycles. The van der Waals surface area contributed by atoms with Crippen LogP contribution >= 0.6 is 0 Å². The monoisotopic (exact) mass is 264 g/mol. The number of nitrogens with zero attached hydrogens (tertiary/aromatic N) is 1. The van der Waals surface area contributed by atoms with Crippen LogP contribution in [0.2, 0.25) is 0 Å². The van der Waals surface area contributed by atoms with Crippen LogP contribution in [0.15, 0.2) is 24.3 Å². The first kappa shape index (κ1) is 15.5. The summed E-state index contributed by atoms with van der Waals surface area (Å²) in [6.45, 7) is 5.84. The Morgan fingerprint density at radius 1 is 1.37 bits per heavy atom. The van der Waals surface area contributed by atoms with E-state index in [0.29, 0.717) is 0 Å². The van der Waals surface area contributed by atoms with Crippen LogP contribution in [0.5, 0.6) is 0 Å². The average molecular weight is 264 g/mol. The van der Waals surface area contributed by atoms with Gasteiger partial charge in [0.05, 0.1) is 12.6 Å². The normalized spacial score (nSPS) is 13.7. The molecule has 2 amide bonds. The number of aryl methyl sites for hydroxylation is 1. The highest BCUT2D eigenvalue weighted by Crippen LogP contribution is 2.09. The lowest BCUT2D eigenvalue weighted by Gasteiger charge is -2.25. The lowest BCUT2D eigenvalue weighted by molar-refractivity contribution is 0.155. The number of amides is 2. The number of aliphatic hydroxyl groups is 1. The van der Waals surface area contributed by atoms with Crippen molar-refractivity contribution >= 4 is 6.03 Å². The number of likely N-dealkylation sites (N-methyl/N-ethyl adjacent to an activating group) is 1. The van der Waals surface area contributed by atoms with E-state index in [-0.39, 0.29) is 24.7 Å². The van der Waals surface area contributed by atoms with Crippen LogP contribution in [0.25, 0.3) is 0 Å². The topological polar surface area (TPSA) is 52.6 Å². The number of urea groups is 1. The van der Waals surface area contributed by atoms with Gasteiger partial charge in [-0.15, -0.1) is 0 Å². The fraction of sp³-hybridized carbons (Fsp3) is 0.533. The number of aliphatic hydroxyl groups excluding tert-OH is 1. The van der Waals surface area contributed by atoms with E-state index in [1.165, 1.54) is 16.0 Å². The number of carbonyl (C=O) groups is 1. The molecule has 2 unspecified atom stereocenters. The number of hydrogen-bond acceptors (Lipinski definition) is 2. The van der Waals surface area contributed by atoms with Crippen LogP contribution in [0.1, 0.15) is 25.0 Å². The van der Waals surface area contributed by atoms with E-state index in [4.69, 9.17) is 5.11 Å². The first-order valence-corrected chi connectivity index (χ1v) is 6.64. The molecule has 106 valence electrons. The highest BCUT2D eigenvalue weighted by atomic mass is 16.3. The standard InChI is InChI=1S/C15H24N2O2/c1-11-7-5-6-8-14(11)9-12(2)16-15(19)17(4)13(3)10-18/h5-8,12-13,18H,9-10H2,1-4H3,(H,16,19). The minimum Gasteiger partial charge on any atom is -0.394 e. The Kier molecular flexibility index (Phi) is 5.83. The summed E-state index contributed by atoms with van der Waals surface area (Å²) in [4.78, 5) is 13.5. The molecule has 0 aliphatic rings. The summed E-state index contributed by atoms with van der Waals surface area (Å²) in [5.74, 6) is 0. The molecule has 19 heavy (non-hydrogen) atoms. The number of carbonyl (C=O) groups excluding carboxylic acids is 1. The summed E-state index contributed by atoms with van der Waals surface area (Å²) in [5.41, 5.74) is 2.48. The van der Waals surface area contributed by atoms with Gasteiger partial charge in [-0.25, -0.2) is 4.79 Å². The minimum atomic E-state index is -0.175. The molecule has 0 aliphatic carbocycles. The van der Waals surface area contributed by atoms with Crippen molar-refractivity contribution < 1.29 is 9.90 Å². The van der Waals surface area contributed by atoms with Crippen molar-refractivity contribution in [1.29, 1.82) is 0 Å². The molecule has 1 aromatic rings. The molecule has 2 N–H and O–H groups in total. The molecule has 0 radical (unpaired) electrons. The molecule has 1 rings (SSSR count). The molecule has 2 atom stereocenters. The third-order valence-corrected chi connectivity index (χ3v) is 3.40. The number of benzene rings is 1. The summed E-state index contributed by atoms with van der Waals surface area (Å²) >= 11 is 0. The van der Waals surface area contributed by atoms with Crippen molar-refractivity contribution in [2.45, 2.75) is 39.3 Å². The van der Waals surface area contributed by atoms with E-state index in [0.717, 1.165) is 6.42 Å². The molecule has 0 aliphatic heterocycles. The molecular formula is C15H24N2O2. The Hall–Kier alpha value is -1.55. The molecule has 0 saturated heterocycles. The molecule has 4 nitrogen and oxygen atoms in total. The first-order chi connectivity index (χ1) is 8.95. The van der Waals surface area contributed by atoms with E-state index >= 15 is 0 Å². The maximum Gasteiger partial charge on any atom is 0.317 e. The Morgan fingerprint density at radius 3 is 2.58 bits per heavy atom. The molecule has 0 heterocycles. The third kappa shape index (κ3) is 4.56. The second-order valence-corrected chi connectivity index (χ2v) is 5.12. The van der Waals surface area contributed by atoms with E-state index < -0.39 is 0 Å². The van der Waals surface area contributed by atoms with Gasteiger partial charge in [-0.3, -0.25) is 0 Å². The maximum absolute atomic E-state index is 11.9. The van der Waals surface area contributed by atoms with Crippen molar-refractivity contribution in [2.24, 2.45) is 0 Å². The van der Waals surface area contributed by atoms with Crippen LogP contribution in [0.4, 0.5) is 4.79 Å². The Balaban J connectivity index is 2.54. The zero-order chi connectivity index (χ0) is 14.4. The van der Waals surface area contributed by atoms with E-state index in [1.807, 2.05) is 26.0 Å². The summed E-state index contributed by atoms with van der Waals surface area (Å²) in [6, 6.07) is 7.91. The Bertz CT molecular complexity index is 420. The van der Waals surface area contributed by atoms with Gasteiger partial charge < -0.3 is 15.3 Å². The summed E-state index contributed by atoms with van der Waals surface area (Å²) in [7, 11) is 1.69. The van der Waals surface area contributed by atoms with Gasteiger partial charge in [0, 0.05) is 13.1 Å². The van der Waals surface area contributed by atoms with Crippen LogP contribution in [0, 0.1) is 6.92 Å². The Labute approximate surface area is 115 Å². The Morgan fingerprint density at radius 2 is 2.00 bits per heavy atom. The number of nitrogens with one attached hydrogen (secondary N) is 1. The van der Waals surface area contributed by atoms with Gasteiger partial charge in [0.15, 0.2) is 0 Å². The summed E-state index contributed by atoms with van der Waals surface area (Å²) < 4.78 is 0. The van der Waals surface area contributed by atoms with Crippen molar-refractivity contribution in [3.05, 3.63) is 35.4 Å². The zero-order valence-electron chi connectivity index (χ0n) is 12.2. The first-order valence-electron chi connectivity index (χ1n) is 6.64. The lowest BCUT2D eigenvalue weighted by Crippen LogP contribution is -2.47. The number of hydrogen-bond donors (Lipinski definition) is 2. The van der Waals surface area contributed by atoms with Gasteiger partial charge >= 0.3 is 6.03 Å². The van der Waals surface area contributed by atoms with Gasteiger partial charge in [0.1, 0.15) is 0 Å². The van der Waals surface area contributed by atoms with E-state index in [1.54, 1.807) is 7.05 Å². The van der Waals surface area contributed by atoms with Crippen LogP contribution in [-0.2, 0) is 6.42 Å². The van der Waals surface area contributed by atoms with Crippen molar-refractivity contribution in [1.82, 2.24) is 10.2 Å². The maximum atomic E-state index is 11.9. The van der Waals surface area contributed by atoms with Gasteiger partial charge in [0.2, 0.25) is 0 Å². The highest BCUT2D eigenvalue weighted by molar-refractivity contribution is 5.74. The predicted molar refractivity (Wildman–Crippen MR) is 77.2 cm³/mol.